The van der Waals surface area contributed by atoms with Gasteiger partial charge < -0.3 is 5.11 Å². The van der Waals surface area contributed by atoms with Gasteiger partial charge in [-0.05, 0) is 30.4 Å². The lowest BCUT2D eigenvalue weighted by Crippen LogP contribution is -2.36. The van der Waals surface area contributed by atoms with Crippen molar-refractivity contribution in [2.24, 2.45) is 5.84 Å². The fourth-order valence-corrected chi connectivity index (χ4v) is 3.20. The van der Waals surface area contributed by atoms with Gasteiger partial charge in [0.15, 0.2) is 0 Å². The van der Waals surface area contributed by atoms with Gasteiger partial charge >= 0.3 is 6.09 Å². The summed E-state index contributed by atoms with van der Waals surface area (Å²) in [7, 11) is 0. The molecular weight excluding hydrogens is 340 g/mol. The Balaban J connectivity index is 1.79. The molecule has 0 fully saturated rings. The van der Waals surface area contributed by atoms with Crippen LogP contribution >= 0.6 is 0 Å². The van der Waals surface area contributed by atoms with E-state index in [1.54, 1.807) is 0 Å². The number of nitrogens with zero attached hydrogens (tertiary/aromatic N) is 1. The summed E-state index contributed by atoms with van der Waals surface area (Å²) >= 11 is 0. The van der Waals surface area contributed by atoms with Crippen LogP contribution in [0.5, 0.6) is 0 Å². The molecule has 3 N–H and O–H groups in total. The molecule has 0 heterocycles. The van der Waals surface area contributed by atoms with E-state index in [2.05, 4.69) is 24.3 Å². The molecule has 0 radical (unpaired) electrons. The van der Waals surface area contributed by atoms with Gasteiger partial charge in [-0.15, -0.1) is 0 Å². The number of carboxylic acid groups (broad SMARTS) is 1. The summed E-state index contributed by atoms with van der Waals surface area (Å²) in [4.78, 5) is 22.9. The molecule has 0 saturated heterocycles. The average molecular weight is 368 g/mol. The van der Waals surface area contributed by atoms with Gasteiger partial charge in [-0.25, -0.2) is 15.6 Å². The lowest BCUT2D eigenvalue weighted by atomic mass is 9.86. The van der Waals surface area contributed by atoms with Crippen molar-refractivity contribution < 1.29 is 14.7 Å². The molecule has 0 aliphatic heterocycles. The van der Waals surface area contributed by atoms with Crippen LogP contribution in [-0.2, 0) is 4.79 Å². The predicted molar refractivity (Wildman–Crippen MR) is 106 cm³/mol. The Morgan fingerprint density at radius 1 is 0.852 bits per heavy atom. The first-order valence-corrected chi connectivity index (χ1v) is 9.44. The first-order valence-electron chi connectivity index (χ1n) is 9.44. The van der Waals surface area contributed by atoms with Crippen molar-refractivity contribution >= 4 is 11.9 Å². The molecule has 144 valence electrons. The zero-order chi connectivity index (χ0) is 19.5. The minimum atomic E-state index is -1.13. The lowest BCUT2D eigenvalue weighted by molar-refractivity contribution is -0.119. The monoisotopic (exact) mass is 368 g/mol. The maximum absolute atomic E-state index is 12.3. The third-order valence-electron chi connectivity index (χ3n) is 4.72. The number of unbranched alkanes of at least 4 members (excludes halogenated alkanes) is 2. The molecule has 0 saturated carbocycles. The van der Waals surface area contributed by atoms with Crippen LogP contribution in [0.2, 0.25) is 0 Å². The van der Waals surface area contributed by atoms with Crippen LogP contribution in [0.15, 0.2) is 60.7 Å². The van der Waals surface area contributed by atoms with Crippen LogP contribution in [0, 0.1) is 0 Å². The van der Waals surface area contributed by atoms with Crippen LogP contribution in [0.1, 0.15) is 55.6 Å². The molecule has 0 atom stereocenters. The molecule has 0 bridgehead atoms. The van der Waals surface area contributed by atoms with Crippen LogP contribution in [0.25, 0.3) is 0 Å². The third kappa shape index (κ3) is 7.23. The van der Waals surface area contributed by atoms with Crippen molar-refractivity contribution in [2.75, 3.05) is 6.54 Å². The van der Waals surface area contributed by atoms with Gasteiger partial charge in [0.2, 0.25) is 0 Å². The van der Waals surface area contributed by atoms with E-state index in [4.69, 9.17) is 10.9 Å². The van der Waals surface area contributed by atoms with Gasteiger partial charge in [0.25, 0.3) is 0 Å². The third-order valence-corrected chi connectivity index (χ3v) is 4.72. The fourth-order valence-electron chi connectivity index (χ4n) is 3.20. The quantitative estimate of drug-likeness (QED) is 0.263. The van der Waals surface area contributed by atoms with E-state index in [9.17, 15) is 9.59 Å². The van der Waals surface area contributed by atoms with Crippen molar-refractivity contribution in [3.05, 3.63) is 71.8 Å². The molecule has 5 heteroatoms. The Kier molecular flexibility index (Phi) is 8.52. The molecule has 2 rings (SSSR count). The molecule has 27 heavy (non-hydrogen) atoms. The summed E-state index contributed by atoms with van der Waals surface area (Å²) in [5.74, 6) is 5.80. The summed E-state index contributed by atoms with van der Waals surface area (Å²) in [5.41, 5.74) is 2.46. The summed E-state index contributed by atoms with van der Waals surface area (Å²) in [6.45, 7) is 0.299. The number of carbonyl (C=O) groups excluding carboxylic acids is 1. The number of hydrogen-bond acceptors (Lipinski definition) is 3. The predicted octanol–water partition coefficient (Wildman–Crippen LogP) is 4.58. The highest BCUT2D eigenvalue weighted by molar-refractivity contribution is 5.78. The van der Waals surface area contributed by atoms with Crippen molar-refractivity contribution in [1.29, 1.82) is 0 Å². The van der Waals surface area contributed by atoms with Gasteiger partial charge in [-0.3, -0.25) is 4.79 Å². The van der Waals surface area contributed by atoms with Gasteiger partial charge in [-0.1, -0.05) is 67.1 Å². The fraction of sp³-hybridized carbons (Fsp3) is 0.364. The molecule has 2 aromatic carbocycles. The topological polar surface area (TPSA) is 83.6 Å². The number of nitrogens with two attached hydrogens (primary N) is 1. The van der Waals surface area contributed by atoms with E-state index in [0.29, 0.717) is 25.8 Å². The van der Waals surface area contributed by atoms with E-state index in [1.165, 1.54) is 11.1 Å². The number of ketones is 1. The number of hydrogen-bond donors (Lipinski definition) is 2. The lowest BCUT2D eigenvalue weighted by Gasteiger charge is -2.18. The zero-order valence-corrected chi connectivity index (χ0v) is 15.6. The number of rotatable bonds is 11. The highest BCUT2D eigenvalue weighted by atomic mass is 16.4. The summed E-state index contributed by atoms with van der Waals surface area (Å²) in [6, 6.07) is 20.6. The number of Topliss-reactive ketones (excluding diaryl/α,β-unsaturated/α-hetero) is 1. The Morgan fingerprint density at radius 3 is 1.93 bits per heavy atom. The first kappa shape index (κ1) is 20.6. The molecule has 0 aromatic heterocycles. The molecule has 0 unspecified atom stereocenters. The highest BCUT2D eigenvalue weighted by Gasteiger charge is 2.15. The van der Waals surface area contributed by atoms with Crippen molar-refractivity contribution in [1.82, 2.24) is 5.01 Å². The van der Waals surface area contributed by atoms with Gasteiger partial charge in [0.05, 0.1) is 0 Å². The molecule has 5 nitrogen and oxygen atoms in total. The molecule has 2 aromatic rings. The van der Waals surface area contributed by atoms with Crippen molar-refractivity contribution in [3.8, 4) is 0 Å². The standard InChI is InChI=1S/C22H28N2O3/c23-24(22(26)27)17-9-3-8-14-20(25)15-16-21(18-10-4-1-5-11-18)19-12-6-2-7-13-19/h1-2,4-7,10-13,21H,3,8-9,14-17,23H2,(H,26,27). The maximum atomic E-state index is 12.3. The van der Waals surface area contributed by atoms with Crippen LogP contribution < -0.4 is 5.84 Å². The summed E-state index contributed by atoms with van der Waals surface area (Å²) < 4.78 is 0. The number of hydrazine groups is 1. The summed E-state index contributed by atoms with van der Waals surface area (Å²) in [5, 5.41) is 9.47. The van der Waals surface area contributed by atoms with Gasteiger partial charge in [0.1, 0.15) is 5.78 Å². The van der Waals surface area contributed by atoms with E-state index in [-0.39, 0.29) is 11.7 Å². The minimum absolute atomic E-state index is 0.220. The van der Waals surface area contributed by atoms with Crippen molar-refractivity contribution in [3.63, 3.8) is 0 Å². The zero-order valence-electron chi connectivity index (χ0n) is 15.6. The molecule has 0 aliphatic carbocycles. The highest BCUT2D eigenvalue weighted by Crippen LogP contribution is 2.29. The largest absolute Gasteiger partial charge is 0.464 e. The maximum Gasteiger partial charge on any atom is 0.421 e. The normalized spacial score (nSPS) is 10.7. The number of benzene rings is 2. The molecular formula is C22H28N2O3. The van der Waals surface area contributed by atoms with E-state index < -0.39 is 6.09 Å². The van der Waals surface area contributed by atoms with Crippen LogP contribution in [0.4, 0.5) is 4.79 Å². The summed E-state index contributed by atoms with van der Waals surface area (Å²) in [6.07, 6.45) is 3.00. The SMILES string of the molecule is NN(CCCCCC(=O)CCC(c1ccccc1)c1ccccc1)C(=O)O. The van der Waals surface area contributed by atoms with Gasteiger partial charge in [-0.2, -0.15) is 0 Å². The second-order valence-corrected chi connectivity index (χ2v) is 6.74. The Labute approximate surface area is 160 Å². The number of amides is 1. The van der Waals surface area contributed by atoms with Crippen molar-refractivity contribution in [2.45, 2.75) is 44.4 Å². The molecule has 0 aliphatic rings. The Bertz CT molecular complexity index is 665. The van der Waals surface area contributed by atoms with Gasteiger partial charge in [0, 0.05) is 25.3 Å². The van der Waals surface area contributed by atoms with Crippen LogP contribution in [-0.4, -0.2) is 28.5 Å². The average Bonchev–Trinajstić information content (AvgIpc) is 2.69. The molecule has 0 spiro atoms. The Morgan fingerprint density at radius 2 is 1.41 bits per heavy atom. The second kappa shape index (κ2) is 11.1. The van der Waals surface area contributed by atoms with E-state index >= 15 is 0 Å². The Hall–Kier alpha value is -2.66. The first-order chi connectivity index (χ1) is 13.1. The van der Waals surface area contributed by atoms with E-state index in [0.717, 1.165) is 24.3 Å². The molecule has 1 amide bonds. The van der Waals surface area contributed by atoms with Crippen LogP contribution in [0.3, 0.4) is 0 Å². The minimum Gasteiger partial charge on any atom is -0.464 e. The second-order valence-electron chi connectivity index (χ2n) is 6.74. The number of carbonyl (C=O) groups is 2. The smallest absolute Gasteiger partial charge is 0.421 e. The van der Waals surface area contributed by atoms with E-state index in [1.807, 2.05) is 36.4 Å².